The van der Waals surface area contributed by atoms with Crippen LogP contribution in [0.4, 0.5) is 8.78 Å². The van der Waals surface area contributed by atoms with Gasteiger partial charge in [0.05, 0.1) is 24.2 Å². The summed E-state index contributed by atoms with van der Waals surface area (Å²) in [6.07, 6.45) is -1.17. The van der Waals surface area contributed by atoms with Crippen LogP contribution in [-0.4, -0.2) is 38.0 Å². The SMILES string of the molecule is COCCn1c(=S)[nH]c(=O)c2c(C(F)F)cc(-c3ccn(C)n3)nc21. The third-order valence-electron chi connectivity index (χ3n) is 3.71. The summed E-state index contributed by atoms with van der Waals surface area (Å²) in [4.78, 5) is 19.1. The molecule has 25 heavy (non-hydrogen) atoms. The zero-order chi connectivity index (χ0) is 18.1. The minimum absolute atomic E-state index is 0.0873. The lowest BCUT2D eigenvalue weighted by Crippen LogP contribution is -2.19. The Labute approximate surface area is 145 Å². The van der Waals surface area contributed by atoms with Crippen LogP contribution < -0.4 is 5.56 Å². The van der Waals surface area contributed by atoms with Crippen molar-refractivity contribution in [1.82, 2.24) is 24.3 Å². The van der Waals surface area contributed by atoms with Crippen LogP contribution in [0, 0.1) is 4.77 Å². The van der Waals surface area contributed by atoms with Crippen LogP contribution in [0.2, 0.25) is 0 Å². The molecular weight excluding hydrogens is 352 g/mol. The zero-order valence-corrected chi connectivity index (χ0v) is 14.3. The van der Waals surface area contributed by atoms with Gasteiger partial charge >= 0.3 is 0 Å². The molecule has 0 saturated carbocycles. The van der Waals surface area contributed by atoms with E-state index in [9.17, 15) is 13.6 Å². The van der Waals surface area contributed by atoms with Gasteiger partial charge in [0, 0.05) is 25.9 Å². The maximum absolute atomic E-state index is 13.6. The van der Waals surface area contributed by atoms with E-state index in [0.717, 1.165) is 0 Å². The van der Waals surface area contributed by atoms with Gasteiger partial charge in [0.1, 0.15) is 11.3 Å². The average Bonchev–Trinajstić information content (AvgIpc) is 3.00. The molecule has 7 nitrogen and oxygen atoms in total. The molecule has 0 atom stereocenters. The van der Waals surface area contributed by atoms with Gasteiger partial charge in [0.25, 0.3) is 12.0 Å². The Bertz CT molecular complexity index is 1040. The molecule has 0 unspecified atom stereocenters. The van der Waals surface area contributed by atoms with Crippen LogP contribution in [0.25, 0.3) is 22.4 Å². The molecule has 0 aliphatic rings. The number of nitrogens with zero attached hydrogens (tertiary/aromatic N) is 4. The average molecular weight is 367 g/mol. The number of pyridine rings is 1. The molecule has 0 aliphatic carbocycles. The number of fused-ring (bicyclic) bond motifs is 1. The second-order valence-corrected chi connectivity index (χ2v) is 5.76. The summed E-state index contributed by atoms with van der Waals surface area (Å²) in [5.41, 5.74) is -0.341. The normalized spacial score (nSPS) is 11.6. The lowest BCUT2D eigenvalue weighted by atomic mass is 10.1. The predicted octanol–water partition coefficient (Wildman–Crippen LogP) is 2.44. The van der Waals surface area contributed by atoms with Crippen LogP contribution in [0.1, 0.15) is 12.0 Å². The maximum Gasteiger partial charge on any atom is 0.264 e. The van der Waals surface area contributed by atoms with Crippen molar-refractivity contribution in [3.05, 3.63) is 39.0 Å². The fraction of sp³-hybridized carbons (Fsp3) is 0.333. The Morgan fingerprint density at radius 2 is 2.16 bits per heavy atom. The molecule has 3 heterocycles. The summed E-state index contributed by atoms with van der Waals surface area (Å²) in [5, 5.41) is 4.01. The summed E-state index contributed by atoms with van der Waals surface area (Å²) in [6, 6.07) is 2.85. The number of hydrogen-bond donors (Lipinski definition) is 1. The third-order valence-corrected chi connectivity index (χ3v) is 4.03. The molecule has 132 valence electrons. The first kappa shape index (κ1) is 17.4. The highest BCUT2D eigenvalue weighted by Gasteiger charge is 2.21. The van der Waals surface area contributed by atoms with Gasteiger partial charge in [0.2, 0.25) is 0 Å². The van der Waals surface area contributed by atoms with Gasteiger partial charge in [-0.15, -0.1) is 0 Å². The molecule has 10 heteroatoms. The molecule has 0 aliphatic heterocycles. The lowest BCUT2D eigenvalue weighted by Gasteiger charge is -2.13. The first-order valence-corrected chi connectivity index (χ1v) is 7.78. The van der Waals surface area contributed by atoms with E-state index in [1.807, 2.05) is 0 Å². The molecular formula is C15H15F2N5O2S. The van der Waals surface area contributed by atoms with E-state index in [4.69, 9.17) is 17.0 Å². The van der Waals surface area contributed by atoms with Crippen LogP contribution in [0.15, 0.2) is 23.1 Å². The third kappa shape index (κ3) is 3.22. The number of alkyl halides is 2. The molecule has 1 N–H and O–H groups in total. The maximum atomic E-state index is 13.6. The van der Waals surface area contributed by atoms with Crippen molar-refractivity contribution in [3.63, 3.8) is 0 Å². The smallest absolute Gasteiger partial charge is 0.264 e. The lowest BCUT2D eigenvalue weighted by molar-refractivity contribution is 0.153. The highest BCUT2D eigenvalue weighted by molar-refractivity contribution is 7.71. The van der Waals surface area contributed by atoms with Crippen molar-refractivity contribution in [2.75, 3.05) is 13.7 Å². The number of nitrogens with one attached hydrogen (secondary N) is 1. The van der Waals surface area contributed by atoms with E-state index >= 15 is 0 Å². The van der Waals surface area contributed by atoms with Crippen LogP contribution in [-0.2, 0) is 18.3 Å². The van der Waals surface area contributed by atoms with Crippen molar-refractivity contribution in [3.8, 4) is 11.4 Å². The van der Waals surface area contributed by atoms with Crippen molar-refractivity contribution in [1.29, 1.82) is 0 Å². The predicted molar refractivity (Wildman–Crippen MR) is 90.2 cm³/mol. The molecule has 0 bridgehead atoms. The van der Waals surface area contributed by atoms with Gasteiger partial charge in [-0.3, -0.25) is 14.5 Å². The van der Waals surface area contributed by atoms with Gasteiger partial charge in [-0.25, -0.2) is 13.8 Å². The Morgan fingerprint density at radius 3 is 2.76 bits per heavy atom. The Kier molecular flexibility index (Phi) is 4.73. The molecule has 3 aromatic heterocycles. The van der Waals surface area contributed by atoms with E-state index in [2.05, 4.69) is 15.1 Å². The molecule has 3 aromatic rings. The molecule has 0 spiro atoms. The fourth-order valence-corrected chi connectivity index (χ4v) is 2.82. The first-order chi connectivity index (χ1) is 11.9. The number of aromatic nitrogens is 5. The van der Waals surface area contributed by atoms with Gasteiger partial charge in [0.15, 0.2) is 4.77 Å². The van der Waals surface area contributed by atoms with Crippen molar-refractivity contribution < 1.29 is 13.5 Å². The number of methoxy groups -OCH3 is 1. The van der Waals surface area contributed by atoms with Crippen molar-refractivity contribution >= 4 is 23.3 Å². The van der Waals surface area contributed by atoms with Crippen LogP contribution in [0.5, 0.6) is 0 Å². The molecule has 0 aromatic carbocycles. The minimum Gasteiger partial charge on any atom is -0.383 e. The summed E-state index contributed by atoms with van der Waals surface area (Å²) in [5.74, 6) is 0. The summed E-state index contributed by atoms with van der Waals surface area (Å²) >= 11 is 5.16. The molecule has 0 amide bonds. The van der Waals surface area contributed by atoms with E-state index in [1.54, 1.807) is 24.0 Å². The molecule has 0 fully saturated rings. The quantitative estimate of drug-likeness (QED) is 0.701. The number of ether oxygens (including phenoxy) is 1. The Hall–Kier alpha value is -2.46. The van der Waals surface area contributed by atoms with Gasteiger partial charge in [-0.1, -0.05) is 0 Å². The van der Waals surface area contributed by atoms with E-state index in [-0.39, 0.29) is 34.7 Å². The van der Waals surface area contributed by atoms with Gasteiger partial charge in [-0.05, 0) is 24.4 Å². The largest absolute Gasteiger partial charge is 0.383 e. The standard InChI is InChI=1S/C15H15F2N5O2S/c1-21-4-3-9(20-21)10-7-8(12(16)17)11-13(18-10)22(5-6-24-2)15(25)19-14(11)23/h3-4,7,12H,5-6H2,1-2H3,(H,19,23,25). The van der Waals surface area contributed by atoms with Crippen molar-refractivity contribution in [2.24, 2.45) is 7.05 Å². The van der Waals surface area contributed by atoms with Crippen LogP contribution in [0.3, 0.4) is 0 Å². The number of hydrogen-bond acceptors (Lipinski definition) is 5. The summed E-state index contributed by atoms with van der Waals surface area (Å²) in [7, 11) is 3.22. The summed E-state index contributed by atoms with van der Waals surface area (Å²) in [6.45, 7) is 0.554. The highest BCUT2D eigenvalue weighted by atomic mass is 32.1. The molecule has 0 radical (unpaired) electrons. The number of rotatable bonds is 5. The second-order valence-electron chi connectivity index (χ2n) is 5.37. The molecule has 3 rings (SSSR count). The summed E-state index contributed by atoms with van der Waals surface area (Å²) < 4.78 is 35.3. The Morgan fingerprint density at radius 1 is 1.40 bits per heavy atom. The van der Waals surface area contributed by atoms with E-state index in [0.29, 0.717) is 5.69 Å². The molecule has 0 saturated heterocycles. The number of halogens is 2. The number of H-pyrrole nitrogens is 1. The zero-order valence-electron chi connectivity index (χ0n) is 13.5. The second kappa shape index (κ2) is 6.81. The van der Waals surface area contributed by atoms with Crippen molar-refractivity contribution in [2.45, 2.75) is 13.0 Å². The Balaban J connectivity index is 2.39. The van der Waals surface area contributed by atoms with Gasteiger partial charge in [-0.2, -0.15) is 5.10 Å². The minimum atomic E-state index is -2.85. The number of aromatic amines is 1. The van der Waals surface area contributed by atoms with Gasteiger partial charge < -0.3 is 9.30 Å². The fourth-order valence-electron chi connectivity index (χ4n) is 2.55. The first-order valence-electron chi connectivity index (χ1n) is 7.37. The highest BCUT2D eigenvalue weighted by Crippen LogP contribution is 2.28. The van der Waals surface area contributed by atoms with E-state index in [1.165, 1.54) is 17.7 Å². The number of aryl methyl sites for hydroxylation is 1. The van der Waals surface area contributed by atoms with Crippen LogP contribution >= 0.6 is 12.2 Å². The monoisotopic (exact) mass is 367 g/mol. The van der Waals surface area contributed by atoms with E-state index < -0.39 is 17.5 Å². The topological polar surface area (TPSA) is 77.7 Å².